The van der Waals surface area contributed by atoms with Gasteiger partial charge in [0.05, 0.1) is 19.0 Å². The molecule has 1 aromatic carbocycles. The second-order valence-corrected chi connectivity index (χ2v) is 10.1. The molecule has 2 N–H and O–H groups in total. The molecule has 0 bridgehead atoms. The zero-order chi connectivity index (χ0) is 27.9. The summed E-state index contributed by atoms with van der Waals surface area (Å²) in [4.78, 5) is 36.9. The smallest absolute Gasteiger partial charge is 0.257 e. The normalized spacial score (nSPS) is 16.2. The molecule has 2 fully saturated rings. The van der Waals surface area contributed by atoms with Crippen molar-refractivity contribution in [3.8, 4) is 17.4 Å². The molecule has 12 nitrogen and oxygen atoms in total. The third-order valence-electron chi connectivity index (χ3n) is 6.71. The SMILES string of the molecule is COC[C@H](C)Oc1cc(Oc2cnc(N(CC3CC3)C(=O)C3CCOCC3)cn2)cc(C(=O)Nc2cc[nH]n2)c1. The highest BCUT2D eigenvalue weighted by Gasteiger charge is 2.33. The molecule has 0 radical (unpaired) electrons. The molecular weight excluding hydrogens is 516 g/mol. The van der Waals surface area contributed by atoms with E-state index in [1.54, 1.807) is 48.7 Å². The van der Waals surface area contributed by atoms with Crippen molar-refractivity contribution in [2.24, 2.45) is 11.8 Å². The summed E-state index contributed by atoms with van der Waals surface area (Å²) in [6, 6.07) is 6.51. The first-order valence-electron chi connectivity index (χ1n) is 13.5. The number of aromatic amines is 1. The van der Waals surface area contributed by atoms with Crippen LogP contribution >= 0.6 is 0 Å². The summed E-state index contributed by atoms with van der Waals surface area (Å²) < 4.78 is 22.5. The van der Waals surface area contributed by atoms with E-state index < -0.39 is 0 Å². The Bertz CT molecular complexity index is 1270. The van der Waals surface area contributed by atoms with Crippen molar-refractivity contribution in [3.63, 3.8) is 0 Å². The number of amides is 2. The van der Waals surface area contributed by atoms with Gasteiger partial charge in [-0.1, -0.05) is 0 Å². The fraction of sp³-hybridized carbons (Fsp3) is 0.464. The Balaban J connectivity index is 1.34. The van der Waals surface area contributed by atoms with Crippen LogP contribution in [0.2, 0.25) is 0 Å². The van der Waals surface area contributed by atoms with Crippen molar-refractivity contribution >= 4 is 23.5 Å². The Morgan fingerprint density at radius 3 is 2.60 bits per heavy atom. The summed E-state index contributed by atoms with van der Waals surface area (Å²) in [5, 5.41) is 9.35. The highest BCUT2D eigenvalue weighted by Crippen LogP contribution is 2.33. The lowest BCUT2D eigenvalue weighted by molar-refractivity contribution is -0.125. The zero-order valence-corrected chi connectivity index (χ0v) is 22.7. The number of hydrogen-bond acceptors (Lipinski definition) is 9. The number of aromatic nitrogens is 4. The van der Waals surface area contributed by atoms with Gasteiger partial charge in [0, 0.05) is 56.7 Å². The molecule has 212 valence electrons. The van der Waals surface area contributed by atoms with E-state index >= 15 is 0 Å². The summed E-state index contributed by atoms with van der Waals surface area (Å²) in [5.41, 5.74) is 0.308. The van der Waals surface area contributed by atoms with Gasteiger partial charge in [0.1, 0.15) is 17.6 Å². The first-order chi connectivity index (χ1) is 19.5. The average molecular weight is 551 g/mol. The summed E-state index contributed by atoms with van der Waals surface area (Å²) >= 11 is 0. The topological polar surface area (TPSA) is 141 Å². The van der Waals surface area contributed by atoms with Gasteiger partial charge in [-0.25, -0.2) is 9.97 Å². The van der Waals surface area contributed by atoms with Crippen molar-refractivity contribution < 1.29 is 28.5 Å². The Hall–Kier alpha value is -4.03. The Morgan fingerprint density at radius 1 is 1.12 bits per heavy atom. The standard InChI is InChI=1S/C28H34N6O6/c1-18(17-37-2)39-22-11-21(27(35)32-24-5-8-31-33-24)12-23(13-22)40-26-15-29-25(14-30-26)34(16-19-3-4-19)28(36)20-6-9-38-10-7-20/h5,8,11-15,18-20H,3-4,6-7,9-10,16-17H2,1-2H3,(H2,31,32,33,35)/t18-/m0/s1. The van der Waals surface area contributed by atoms with Crippen LogP contribution in [0.5, 0.6) is 17.4 Å². The quantitative estimate of drug-likeness (QED) is 0.344. The van der Waals surface area contributed by atoms with Crippen molar-refractivity contribution in [2.75, 3.05) is 43.7 Å². The molecule has 2 amide bonds. The predicted octanol–water partition coefficient (Wildman–Crippen LogP) is 3.83. The van der Waals surface area contributed by atoms with Gasteiger partial charge in [0.15, 0.2) is 11.6 Å². The molecule has 2 aromatic heterocycles. The number of methoxy groups -OCH3 is 1. The van der Waals surface area contributed by atoms with Crippen LogP contribution in [-0.2, 0) is 14.3 Å². The van der Waals surface area contributed by atoms with Gasteiger partial charge in [-0.15, -0.1) is 0 Å². The summed E-state index contributed by atoms with van der Waals surface area (Å²) in [7, 11) is 1.59. The maximum atomic E-state index is 13.3. The van der Waals surface area contributed by atoms with E-state index in [1.165, 1.54) is 6.20 Å². The third kappa shape index (κ3) is 7.33. The van der Waals surface area contributed by atoms with Gasteiger partial charge in [-0.2, -0.15) is 5.10 Å². The minimum absolute atomic E-state index is 0.0699. The molecule has 1 aliphatic carbocycles. The van der Waals surface area contributed by atoms with E-state index in [2.05, 4.69) is 25.5 Å². The molecule has 1 aliphatic heterocycles. The Kier molecular flexibility index (Phi) is 8.87. The van der Waals surface area contributed by atoms with Crippen LogP contribution in [0.3, 0.4) is 0 Å². The van der Waals surface area contributed by atoms with Crippen LogP contribution < -0.4 is 19.7 Å². The lowest BCUT2D eigenvalue weighted by Crippen LogP contribution is -2.40. The van der Waals surface area contributed by atoms with E-state index in [4.69, 9.17) is 18.9 Å². The Labute approximate surface area is 232 Å². The molecule has 3 aromatic rings. The molecule has 2 aliphatic rings. The lowest BCUT2D eigenvalue weighted by Gasteiger charge is -2.28. The number of carbonyl (C=O) groups is 2. The molecule has 12 heteroatoms. The third-order valence-corrected chi connectivity index (χ3v) is 6.71. The first kappa shape index (κ1) is 27.5. The molecule has 3 heterocycles. The number of ether oxygens (including phenoxy) is 4. The van der Waals surface area contributed by atoms with E-state index in [-0.39, 0.29) is 29.7 Å². The van der Waals surface area contributed by atoms with Crippen LogP contribution in [0.15, 0.2) is 42.9 Å². The van der Waals surface area contributed by atoms with Gasteiger partial charge in [0.2, 0.25) is 11.8 Å². The van der Waals surface area contributed by atoms with Gasteiger partial charge >= 0.3 is 0 Å². The van der Waals surface area contributed by atoms with Crippen molar-refractivity contribution in [1.29, 1.82) is 0 Å². The number of carbonyl (C=O) groups excluding carboxylic acids is 2. The van der Waals surface area contributed by atoms with Crippen molar-refractivity contribution in [1.82, 2.24) is 20.2 Å². The van der Waals surface area contributed by atoms with E-state index in [0.717, 1.165) is 12.8 Å². The average Bonchev–Trinajstić information content (AvgIpc) is 3.64. The maximum Gasteiger partial charge on any atom is 0.257 e. The van der Waals surface area contributed by atoms with Gasteiger partial charge in [-0.05, 0) is 50.7 Å². The number of benzene rings is 1. The van der Waals surface area contributed by atoms with E-state index in [0.29, 0.717) is 73.8 Å². The number of rotatable bonds is 12. The molecular formula is C28H34N6O6. The van der Waals surface area contributed by atoms with Crippen LogP contribution in [0.1, 0.15) is 43.0 Å². The minimum atomic E-state index is -0.384. The van der Waals surface area contributed by atoms with Gasteiger partial charge < -0.3 is 24.3 Å². The molecule has 1 saturated heterocycles. The maximum absolute atomic E-state index is 13.3. The fourth-order valence-corrected chi connectivity index (χ4v) is 4.49. The summed E-state index contributed by atoms with van der Waals surface area (Å²) in [6.45, 7) is 4.07. The van der Waals surface area contributed by atoms with Crippen LogP contribution in [0.25, 0.3) is 0 Å². The summed E-state index contributed by atoms with van der Waals surface area (Å²) in [6.07, 6.45) is 8.05. The van der Waals surface area contributed by atoms with E-state index in [1.807, 2.05) is 6.92 Å². The Morgan fingerprint density at radius 2 is 1.93 bits per heavy atom. The molecule has 0 unspecified atom stereocenters. The van der Waals surface area contributed by atoms with Crippen molar-refractivity contribution in [3.05, 3.63) is 48.4 Å². The number of anilines is 2. The van der Waals surface area contributed by atoms with Crippen LogP contribution in [-0.4, -0.2) is 71.6 Å². The van der Waals surface area contributed by atoms with Crippen LogP contribution in [0.4, 0.5) is 11.6 Å². The number of nitrogens with zero attached hydrogens (tertiary/aromatic N) is 4. The molecule has 1 atom stereocenters. The number of H-pyrrole nitrogens is 1. The fourth-order valence-electron chi connectivity index (χ4n) is 4.49. The molecule has 40 heavy (non-hydrogen) atoms. The predicted molar refractivity (Wildman–Crippen MR) is 146 cm³/mol. The van der Waals surface area contributed by atoms with E-state index in [9.17, 15) is 9.59 Å². The monoisotopic (exact) mass is 550 g/mol. The second kappa shape index (κ2) is 12.9. The molecule has 0 spiro atoms. The molecule has 5 rings (SSSR count). The highest BCUT2D eigenvalue weighted by atomic mass is 16.5. The van der Waals surface area contributed by atoms with Gasteiger partial charge in [-0.3, -0.25) is 19.6 Å². The zero-order valence-electron chi connectivity index (χ0n) is 22.7. The highest BCUT2D eigenvalue weighted by molar-refractivity contribution is 6.04. The molecule has 1 saturated carbocycles. The van der Waals surface area contributed by atoms with Crippen molar-refractivity contribution in [2.45, 2.75) is 38.7 Å². The van der Waals surface area contributed by atoms with Crippen LogP contribution in [0, 0.1) is 11.8 Å². The second-order valence-electron chi connectivity index (χ2n) is 10.1. The largest absolute Gasteiger partial charge is 0.488 e. The summed E-state index contributed by atoms with van der Waals surface area (Å²) in [5.74, 6) is 1.98. The number of nitrogens with one attached hydrogen (secondary N) is 2. The first-order valence-corrected chi connectivity index (χ1v) is 13.5. The minimum Gasteiger partial charge on any atom is -0.488 e. The lowest BCUT2D eigenvalue weighted by atomic mass is 9.98. The number of hydrogen-bond donors (Lipinski definition) is 2. The van der Waals surface area contributed by atoms with Gasteiger partial charge in [0.25, 0.3) is 5.91 Å².